The van der Waals surface area contributed by atoms with E-state index in [0.717, 1.165) is 19.5 Å². The molecule has 1 aromatic rings. The van der Waals surface area contributed by atoms with Crippen molar-refractivity contribution in [1.29, 1.82) is 0 Å². The second-order valence-electron chi connectivity index (χ2n) is 3.78. The molecule has 2 N–H and O–H groups in total. The highest BCUT2D eigenvalue weighted by Gasteiger charge is 2.38. The molecule has 1 fully saturated rings. The molecule has 2 rings (SSSR count). The maximum absolute atomic E-state index is 6.16. The van der Waals surface area contributed by atoms with Crippen LogP contribution in [-0.2, 0) is 5.54 Å². The fourth-order valence-corrected chi connectivity index (χ4v) is 1.71. The van der Waals surface area contributed by atoms with Crippen LogP contribution in [0.1, 0.15) is 18.1 Å². The number of nitrogens with zero attached hydrogens (tertiary/aromatic N) is 3. The first kappa shape index (κ1) is 8.65. The summed E-state index contributed by atoms with van der Waals surface area (Å²) in [6, 6.07) is 0. The van der Waals surface area contributed by atoms with Crippen molar-refractivity contribution in [3.05, 3.63) is 11.7 Å². The Morgan fingerprint density at radius 2 is 2.38 bits per heavy atom. The van der Waals surface area contributed by atoms with Gasteiger partial charge in [0.25, 0.3) is 0 Å². The third kappa shape index (κ3) is 1.45. The van der Waals surface area contributed by atoms with Crippen molar-refractivity contribution in [3.63, 3.8) is 0 Å². The van der Waals surface area contributed by atoms with Gasteiger partial charge in [0.05, 0.1) is 5.54 Å². The smallest absolute Gasteiger partial charge is 0.223 e. The highest BCUT2D eigenvalue weighted by Crippen LogP contribution is 2.25. The molecule has 0 saturated carbocycles. The van der Waals surface area contributed by atoms with Crippen molar-refractivity contribution in [2.75, 3.05) is 20.1 Å². The fraction of sp³-hybridized carbons (Fsp3) is 0.750. The molecule has 0 radical (unpaired) electrons. The van der Waals surface area contributed by atoms with Gasteiger partial charge in [-0.25, -0.2) is 0 Å². The van der Waals surface area contributed by atoms with Crippen LogP contribution in [-0.4, -0.2) is 35.2 Å². The summed E-state index contributed by atoms with van der Waals surface area (Å²) in [7, 11) is 2.04. The van der Waals surface area contributed by atoms with Crippen LogP contribution in [0.25, 0.3) is 0 Å². The molecule has 0 bridgehead atoms. The standard InChI is InChI=1S/C8H14N4O/c1-6-10-7(11-13-6)8(9)3-4-12(2)5-8/h3-5,9H2,1-2H3. The zero-order valence-corrected chi connectivity index (χ0v) is 7.95. The minimum absolute atomic E-state index is 0.410. The Bertz CT molecular complexity index is 311. The molecule has 1 aromatic heterocycles. The van der Waals surface area contributed by atoms with Crippen molar-refractivity contribution in [2.24, 2.45) is 5.73 Å². The second-order valence-corrected chi connectivity index (χ2v) is 3.78. The Kier molecular flexibility index (Phi) is 1.85. The molecule has 0 spiro atoms. The summed E-state index contributed by atoms with van der Waals surface area (Å²) in [4.78, 5) is 6.34. The Balaban J connectivity index is 2.25. The minimum Gasteiger partial charge on any atom is -0.340 e. The summed E-state index contributed by atoms with van der Waals surface area (Å²) >= 11 is 0. The maximum atomic E-state index is 6.16. The van der Waals surface area contributed by atoms with Gasteiger partial charge in [-0.1, -0.05) is 5.16 Å². The van der Waals surface area contributed by atoms with E-state index in [1.165, 1.54) is 0 Å². The van der Waals surface area contributed by atoms with E-state index in [9.17, 15) is 0 Å². The molecule has 13 heavy (non-hydrogen) atoms. The van der Waals surface area contributed by atoms with Crippen LogP contribution in [0.2, 0.25) is 0 Å². The normalized spacial score (nSPS) is 29.8. The quantitative estimate of drug-likeness (QED) is 0.655. The number of aryl methyl sites for hydroxylation is 1. The van der Waals surface area contributed by atoms with Crippen LogP contribution in [0.4, 0.5) is 0 Å². The average molecular weight is 182 g/mol. The summed E-state index contributed by atoms with van der Waals surface area (Å²) < 4.78 is 4.92. The molecule has 5 heteroatoms. The number of likely N-dealkylation sites (tertiary alicyclic amines) is 1. The van der Waals surface area contributed by atoms with E-state index in [1.807, 2.05) is 7.05 Å². The summed E-state index contributed by atoms with van der Waals surface area (Å²) in [6.45, 7) is 3.56. The van der Waals surface area contributed by atoms with Gasteiger partial charge in [-0.2, -0.15) is 4.98 Å². The summed E-state index contributed by atoms with van der Waals surface area (Å²) in [5.41, 5.74) is 5.75. The second kappa shape index (κ2) is 2.78. The number of rotatable bonds is 1. The van der Waals surface area contributed by atoms with Gasteiger partial charge in [-0.05, 0) is 13.5 Å². The summed E-state index contributed by atoms with van der Waals surface area (Å²) in [5, 5.41) is 3.87. The largest absolute Gasteiger partial charge is 0.340 e. The van der Waals surface area contributed by atoms with Crippen LogP contribution in [0.5, 0.6) is 0 Å². The zero-order valence-electron chi connectivity index (χ0n) is 7.95. The highest BCUT2D eigenvalue weighted by atomic mass is 16.5. The molecule has 1 aliphatic rings. The lowest BCUT2D eigenvalue weighted by molar-refractivity contribution is 0.339. The van der Waals surface area contributed by atoms with E-state index in [4.69, 9.17) is 10.3 Å². The van der Waals surface area contributed by atoms with Crippen molar-refractivity contribution in [1.82, 2.24) is 15.0 Å². The van der Waals surface area contributed by atoms with E-state index < -0.39 is 5.54 Å². The SMILES string of the molecule is Cc1nc(C2(N)CCN(C)C2)no1. The predicted octanol–water partition coefficient (Wildman–Crippen LogP) is -0.132. The van der Waals surface area contributed by atoms with Gasteiger partial charge < -0.3 is 15.2 Å². The monoisotopic (exact) mass is 182 g/mol. The van der Waals surface area contributed by atoms with Crippen LogP contribution >= 0.6 is 0 Å². The summed E-state index contributed by atoms with van der Waals surface area (Å²) in [5.74, 6) is 1.21. The lowest BCUT2D eigenvalue weighted by atomic mass is 10.00. The van der Waals surface area contributed by atoms with Crippen molar-refractivity contribution < 1.29 is 4.52 Å². The van der Waals surface area contributed by atoms with Crippen molar-refractivity contribution in [2.45, 2.75) is 18.9 Å². The summed E-state index contributed by atoms with van der Waals surface area (Å²) in [6.07, 6.45) is 0.891. The molecular weight excluding hydrogens is 168 g/mol. The average Bonchev–Trinajstić information content (AvgIpc) is 2.60. The fourth-order valence-electron chi connectivity index (χ4n) is 1.71. The number of nitrogens with two attached hydrogens (primary N) is 1. The molecule has 1 atom stereocenters. The Labute approximate surface area is 76.9 Å². The third-order valence-electron chi connectivity index (χ3n) is 2.46. The number of hydrogen-bond acceptors (Lipinski definition) is 5. The van der Waals surface area contributed by atoms with Crippen molar-refractivity contribution in [3.8, 4) is 0 Å². The van der Waals surface area contributed by atoms with Gasteiger partial charge >= 0.3 is 0 Å². The first-order valence-electron chi connectivity index (χ1n) is 4.38. The molecule has 1 unspecified atom stereocenters. The van der Waals surface area contributed by atoms with E-state index in [0.29, 0.717) is 11.7 Å². The first-order valence-corrected chi connectivity index (χ1v) is 4.38. The Hall–Kier alpha value is -0.940. The van der Waals surface area contributed by atoms with Crippen LogP contribution in [0.15, 0.2) is 4.52 Å². The molecule has 0 aromatic carbocycles. The van der Waals surface area contributed by atoms with Crippen LogP contribution < -0.4 is 5.73 Å². The van der Waals surface area contributed by atoms with Gasteiger partial charge in [-0.3, -0.25) is 0 Å². The lowest BCUT2D eigenvalue weighted by Gasteiger charge is -2.18. The van der Waals surface area contributed by atoms with E-state index in [-0.39, 0.29) is 0 Å². The van der Waals surface area contributed by atoms with Gasteiger partial charge in [-0.15, -0.1) is 0 Å². The van der Waals surface area contributed by atoms with Crippen LogP contribution in [0, 0.1) is 6.92 Å². The van der Waals surface area contributed by atoms with Crippen LogP contribution in [0.3, 0.4) is 0 Å². The lowest BCUT2D eigenvalue weighted by Crippen LogP contribution is -2.40. The molecule has 0 amide bonds. The Morgan fingerprint density at radius 3 is 2.85 bits per heavy atom. The topological polar surface area (TPSA) is 68.2 Å². The third-order valence-corrected chi connectivity index (χ3v) is 2.46. The zero-order chi connectivity index (χ0) is 9.47. The van der Waals surface area contributed by atoms with Gasteiger partial charge in [0.15, 0.2) is 5.82 Å². The molecule has 0 aliphatic carbocycles. The first-order chi connectivity index (χ1) is 6.10. The number of likely N-dealkylation sites (N-methyl/N-ethyl adjacent to an activating group) is 1. The molecule has 1 aliphatic heterocycles. The van der Waals surface area contributed by atoms with Gasteiger partial charge in [0.1, 0.15) is 0 Å². The maximum Gasteiger partial charge on any atom is 0.223 e. The van der Waals surface area contributed by atoms with Crippen molar-refractivity contribution >= 4 is 0 Å². The minimum atomic E-state index is -0.410. The number of aromatic nitrogens is 2. The molecular formula is C8H14N4O. The number of hydrogen-bond donors (Lipinski definition) is 1. The highest BCUT2D eigenvalue weighted by molar-refractivity contribution is 5.08. The molecule has 72 valence electrons. The predicted molar refractivity (Wildman–Crippen MR) is 47.0 cm³/mol. The van der Waals surface area contributed by atoms with Gasteiger partial charge in [0, 0.05) is 20.0 Å². The molecule has 2 heterocycles. The van der Waals surface area contributed by atoms with E-state index >= 15 is 0 Å². The van der Waals surface area contributed by atoms with Gasteiger partial charge in [0.2, 0.25) is 5.89 Å². The van der Waals surface area contributed by atoms with E-state index in [2.05, 4.69) is 15.0 Å². The molecule has 1 saturated heterocycles. The molecule has 5 nitrogen and oxygen atoms in total. The van der Waals surface area contributed by atoms with E-state index in [1.54, 1.807) is 6.92 Å². The Morgan fingerprint density at radius 1 is 1.62 bits per heavy atom.